The van der Waals surface area contributed by atoms with Crippen LogP contribution in [-0.4, -0.2) is 4.57 Å². The molecular weight excluding hydrogens is 629 g/mol. The van der Waals surface area contributed by atoms with Crippen LogP contribution < -0.4 is 4.90 Å². The predicted molar refractivity (Wildman–Crippen MR) is 213 cm³/mol. The van der Waals surface area contributed by atoms with Gasteiger partial charge in [0.2, 0.25) is 0 Å². The molecule has 0 spiro atoms. The average molecular weight is 657 g/mol. The average Bonchev–Trinajstić information content (AvgIpc) is 3.85. The number of hydrogen-bond acceptors (Lipinski definition) is 3. The highest BCUT2D eigenvalue weighted by Gasteiger charge is 2.24. The highest BCUT2D eigenvalue weighted by atomic mass is 32.1. The number of hydrogen-bond donors (Lipinski definition) is 0. The summed E-state index contributed by atoms with van der Waals surface area (Å²) < 4.78 is 11.3. The number of benzene rings is 8. The van der Waals surface area contributed by atoms with Gasteiger partial charge in [-0.05, 0) is 72.1 Å². The van der Waals surface area contributed by atoms with Crippen LogP contribution in [-0.2, 0) is 0 Å². The van der Waals surface area contributed by atoms with Crippen LogP contribution in [0, 0.1) is 0 Å². The molecular formula is C46H28N2OS. The van der Waals surface area contributed by atoms with Crippen LogP contribution in [0.3, 0.4) is 0 Å². The lowest BCUT2D eigenvalue weighted by atomic mass is 10.0. The third kappa shape index (κ3) is 3.91. The summed E-state index contributed by atoms with van der Waals surface area (Å²) >= 11 is 1.88. The molecule has 0 aliphatic carbocycles. The van der Waals surface area contributed by atoms with Crippen LogP contribution in [0.1, 0.15) is 0 Å². The molecule has 3 heterocycles. The molecule has 3 nitrogen and oxygen atoms in total. The number of fused-ring (bicyclic) bond motifs is 11. The predicted octanol–water partition coefficient (Wildman–Crippen LogP) is 13.7. The topological polar surface area (TPSA) is 21.3 Å². The third-order valence-corrected chi connectivity index (χ3v) is 11.4. The normalized spacial score (nSPS) is 12.0. The highest BCUT2D eigenvalue weighted by molar-refractivity contribution is 7.26. The number of aromatic nitrogens is 1. The van der Waals surface area contributed by atoms with Crippen LogP contribution in [0.25, 0.3) is 80.4 Å². The first-order valence-corrected chi connectivity index (χ1v) is 17.8. The van der Waals surface area contributed by atoms with Crippen molar-refractivity contribution in [3.63, 3.8) is 0 Å². The fourth-order valence-electron chi connectivity index (χ4n) is 8.02. The largest absolute Gasteiger partial charge is 0.456 e. The quantitative estimate of drug-likeness (QED) is 0.188. The van der Waals surface area contributed by atoms with Crippen LogP contribution in [0.5, 0.6) is 0 Å². The fourth-order valence-corrected chi connectivity index (χ4v) is 9.29. The minimum Gasteiger partial charge on any atom is -0.456 e. The first-order valence-electron chi connectivity index (χ1n) is 16.9. The summed E-state index contributed by atoms with van der Waals surface area (Å²) in [5, 5.41) is 9.73. The van der Waals surface area contributed by atoms with Gasteiger partial charge in [-0.15, -0.1) is 11.3 Å². The molecule has 0 unspecified atom stereocenters. The Bertz CT molecular complexity index is 3110. The molecule has 4 heteroatoms. The van der Waals surface area contributed by atoms with Gasteiger partial charge in [0.15, 0.2) is 0 Å². The van der Waals surface area contributed by atoms with Crippen molar-refractivity contribution in [1.82, 2.24) is 4.57 Å². The van der Waals surface area contributed by atoms with Crippen LogP contribution in [0.2, 0.25) is 0 Å². The van der Waals surface area contributed by atoms with Gasteiger partial charge in [0, 0.05) is 58.5 Å². The molecule has 0 N–H and O–H groups in total. The van der Waals surface area contributed by atoms with Crippen molar-refractivity contribution in [1.29, 1.82) is 0 Å². The van der Waals surface area contributed by atoms with E-state index in [-0.39, 0.29) is 0 Å². The Kier molecular flexibility index (Phi) is 5.83. The van der Waals surface area contributed by atoms with E-state index in [4.69, 9.17) is 4.42 Å². The van der Waals surface area contributed by atoms with Gasteiger partial charge in [0.25, 0.3) is 0 Å². The standard InChI is InChI=1S/C46H28N2OS/c1-2-13-30(14-3-1)47-37-18-7-4-17-35(37)45-39(47)20-11-21-40(45)48(31-25-27-42-36(28-31)32-15-5-8-22-41(32)49-42)38-19-10-12-29-24-26-34-33-16-6-9-23-43(33)50-46(34)44(29)38/h1-28H. The maximum absolute atomic E-state index is 6.32. The summed E-state index contributed by atoms with van der Waals surface area (Å²) in [5.41, 5.74) is 8.64. The molecule has 234 valence electrons. The van der Waals surface area contributed by atoms with Crippen molar-refractivity contribution >= 4 is 103 Å². The van der Waals surface area contributed by atoms with E-state index in [9.17, 15) is 0 Å². The van der Waals surface area contributed by atoms with Crippen LogP contribution in [0.15, 0.2) is 174 Å². The van der Waals surface area contributed by atoms with Gasteiger partial charge in [-0.2, -0.15) is 0 Å². The smallest absolute Gasteiger partial charge is 0.135 e. The summed E-state index contributed by atoms with van der Waals surface area (Å²) in [5.74, 6) is 0. The Labute approximate surface area is 291 Å². The molecule has 0 saturated heterocycles. The van der Waals surface area contributed by atoms with Gasteiger partial charge in [-0.25, -0.2) is 0 Å². The second-order valence-corrected chi connectivity index (χ2v) is 13.9. The molecule has 0 bridgehead atoms. The number of rotatable bonds is 4. The van der Waals surface area contributed by atoms with Gasteiger partial charge in [0.1, 0.15) is 11.2 Å². The van der Waals surface area contributed by atoms with Crippen molar-refractivity contribution < 1.29 is 4.42 Å². The van der Waals surface area contributed by atoms with Crippen LogP contribution in [0.4, 0.5) is 17.1 Å². The zero-order valence-electron chi connectivity index (χ0n) is 26.9. The number of thiophene rings is 1. The molecule has 8 aromatic carbocycles. The summed E-state index contributed by atoms with van der Waals surface area (Å²) in [6.45, 7) is 0. The van der Waals surface area contributed by atoms with E-state index in [1.807, 2.05) is 17.4 Å². The Hall–Kier alpha value is -6.36. The second-order valence-electron chi connectivity index (χ2n) is 12.9. The van der Waals surface area contributed by atoms with E-state index in [2.05, 4.69) is 173 Å². The van der Waals surface area contributed by atoms with Crippen molar-refractivity contribution in [3.05, 3.63) is 170 Å². The number of para-hydroxylation sites is 3. The van der Waals surface area contributed by atoms with Crippen LogP contribution >= 0.6 is 11.3 Å². The summed E-state index contributed by atoms with van der Waals surface area (Å²) in [7, 11) is 0. The van der Waals surface area contributed by atoms with Gasteiger partial charge in [-0.1, -0.05) is 103 Å². The van der Waals surface area contributed by atoms with Gasteiger partial charge in [-0.3, -0.25) is 0 Å². The van der Waals surface area contributed by atoms with Gasteiger partial charge >= 0.3 is 0 Å². The Morgan fingerprint density at radius 2 is 1.16 bits per heavy atom. The Morgan fingerprint density at radius 1 is 0.460 bits per heavy atom. The van der Waals surface area contributed by atoms with Crippen molar-refractivity contribution in [2.24, 2.45) is 0 Å². The number of anilines is 3. The fraction of sp³-hybridized carbons (Fsp3) is 0. The third-order valence-electron chi connectivity index (χ3n) is 10.2. The zero-order valence-corrected chi connectivity index (χ0v) is 27.7. The highest BCUT2D eigenvalue weighted by Crippen LogP contribution is 2.49. The SMILES string of the molecule is c1ccc(-n2c3ccccc3c3c(N(c4ccc5oc6ccccc6c5c4)c4cccc5ccc6c7ccccc7sc6c45)cccc32)cc1. The van der Waals surface area contributed by atoms with E-state index in [0.717, 1.165) is 44.7 Å². The molecule has 0 amide bonds. The van der Waals surface area contributed by atoms with E-state index >= 15 is 0 Å². The molecule has 0 aliphatic heterocycles. The molecule has 0 atom stereocenters. The summed E-state index contributed by atoms with van der Waals surface area (Å²) in [6.07, 6.45) is 0. The first kappa shape index (κ1) is 27.6. The first-order chi connectivity index (χ1) is 24.8. The van der Waals surface area contributed by atoms with E-state index in [0.29, 0.717) is 0 Å². The molecule has 0 fully saturated rings. The Balaban J connectivity index is 1.29. The lowest BCUT2D eigenvalue weighted by Gasteiger charge is -2.28. The monoisotopic (exact) mass is 656 g/mol. The molecule has 0 aliphatic rings. The Morgan fingerprint density at radius 3 is 2.06 bits per heavy atom. The van der Waals surface area contributed by atoms with Crippen molar-refractivity contribution in [2.45, 2.75) is 0 Å². The van der Waals surface area contributed by atoms with Gasteiger partial charge < -0.3 is 13.9 Å². The maximum atomic E-state index is 6.32. The molecule has 3 aromatic heterocycles. The summed E-state index contributed by atoms with van der Waals surface area (Å²) in [4.78, 5) is 2.48. The molecule has 11 rings (SSSR count). The molecule has 50 heavy (non-hydrogen) atoms. The summed E-state index contributed by atoms with van der Waals surface area (Å²) in [6, 6.07) is 61.3. The minimum atomic E-state index is 0.888. The lowest BCUT2D eigenvalue weighted by Crippen LogP contribution is -2.11. The number of furan rings is 1. The van der Waals surface area contributed by atoms with Crippen molar-refractivity contribution in [3.8, 4) is 5.69 Å². The van der Waals surface area contributed by atoms with E-state index in [1.54, 1.807) is 0 Å². The maximum Gasteiger partial charge on any atom is 0.135 e. The zero-order chi connectivity index (χ0) is 32.8. The van der Waals surface area contributed by atoms with E-state index < -0.39 is 0 Å². The molecule has 11 aromatic rings. The van der Waals surface area contributed by atoms with Gasteiger partial charge in [0.05, 0.1) is 22.4 Å². The lowest BCUT2D eigenvalue weighted by molar-refractivity contribution is 0.669. The van der Waals surface area contributed by atoms with Crippen molar-refractivity contribution in [2.75, 3.05) is 4.90 Å². The molecule has 0 radical (unpaired) electrons. The van der Waals surface area contributed by atoms with E-state index in [1.165, 1.54) is 52.8 Å². The number of nitrogens with zero attached hydrogens (tertiary/aromatic N) is 2. The molecule has 0 saturated carbocycles. The minimum absolute atomic E-state index is 0.888. The second kappa shape index (κ2) is 10.6.